The third-order valence-corrected chi connectivity index (χ3v) is 8.24. The van der Waals surface area contributed by atoms with E-state index >= 15 is 0 Å². The van der Waals surface area contributed by atoms with Crippen molar-refractivity contribution in [1.82, 2.24) is 34.6 Å². The van der Waals surface area contributed by atoms with Crippen LogP contribution in [0, 0.1) is 12.3 Å². The molecule has 1 spiro atoms. The summed E-state index contributed by atoms with van der Waals surface area (Å²) in [6.07, 6.45) is 11.3. The lowest BCUT2D eigenvalue weighted by Crippen LogP contribution is -2.49. The summed E-state index contributed by atoms with van der Waals surface area (Å²) in [6, 6.07) is 7.25. The highest BCUT2D eigenvalue weighted by Crippen LogP contribution is 2.38. The quantitative estimate of drug-likeness (QED) is 0.460. The second-order valence-electron chi connectivity index (χ2n) is 11.2. The monoisotopic (exact) mass is 571 g/mol. The lowest BCUT2D eigenvalue weighted by atomic mass is 9.74. The van der Waals surface area contributed by atoms with Gasteiger partial charge in [-0.05, 0) is 62.6 Å². The van der Waals surface area contributed by atoms with Gasteiger partial charge in [-0.3, -0.25) is 24.4 Å². The first-order chi connectivity index (χ1) is 20.3. The second-order valence-corrected chi connectivity index (χ2v) is 11.2. The van der Waals surface area contributed by atoms with Gasteiger partial charge >= 0.3 is 0 Å². The molecule has 0 radical (unpaired) electrons. The Bertz CT molecular complexity index is 1410. The molecule has 4 heterocycles. The summed E-state index contributed by atoms with van der Waals surface area (Å²) in [5.74, 6) is 0.282. The van der Waals surface area contributed by atoms with E-state index in [9.17, 15) is 14.4 Å². The fraction of sp³-hybridized carbons (Fsp3) is 0.452. The smallest absolute Gasteiger partial charge is 0.274 e. The van der Waals surface area contributed by atoms with Crippen molar-refractivity contribution in [3.05, 3.63) is 77.9 Å². The van der Waals surface area contributed by atoms with Gasteiger partial charge in [-0.2, -0.15) is 0 Å². The van der Waals surface area contributed by atoms with Crippen molar-refractivity contribution in [1.29, 1.82) is 0 Å². The average Bonchev–Trinajstić information content (AvgIpc) is 3.02. The predicted octanol–water partition coefficient (Wildman–Crippen LogP) is 3.27. The first-order valence-electron chi connectivity index (χ1n) is 14.5. The van der Waals surface area contributed by atoms with Gasteiger partial charge in [0.1, 0.15) is 17.1 Å². The van der Waals surface area contributed by atoms with Crippen LogP contribution in [0.25, 0.3) is 0 Å². The van der Waals surface area contributed by atoms with Crippen LogP contribution in [0.2, 0.25) is 0 Å². The zero-order valence-electron chi connectivity index (χ0n) is 24.2. The Morgan fingerprint density at radius 1 is 0.881 bits per heavy atom. The molecule has 220 valence electrons. The number of benzene rings is 1. The van der Waals surface area contributed by atoms with Crippen molar-refractivity contribution in [3.8, 4) is 5.75 Å². The normalized spacial score (nSPS) is 18.1. The second kappa shape index (κ2) is 13.1. The van der Waals surface area contributed by atoms with E-state index in [2.05, 4.69) is 19.9 Å². The number of amides is 3. The fourth-order valence-electron chi connectivity index (χ4n) is 5.93. The molecule has 0 unspecified atom stereocenters. The lowest BCUT2D eigenvalue weighted by Gasteiger charge is -2.44. The molecule has 1 saturated heterocycles. The van der Waals surface area contributed by atoms with Gasteiger partial charge in [0.05, 0.1) is 18.5 Å². The molecule has 0 N–H and O–H groups in total. The van der Waals surface area contributed by atoms with Crippen LogP contribution < -0.4 is 4.74 Å². The summed E-state index contributed by atoms with van der Waals surface area (Å²) in [4.78, 5) is 62.3. The third-order valence-electron chi connectivity index (χ3n) is 8.24. The van der Waals surface area contributed by atoms with E-state index in [1.54, 1.807) is 36.5 Å². The zero-order chi connectivity index (χ0) is 29.5. The molecule has 2 aliphatic heterocycles. The molecule has 3 aromatic rings. The number of carbonyl (C=O) groups excluding carboxylic acids is 3. The van der Waals surface area contributed by atoms with Gasteiger partial charge < -0.3 is 19.4 Å². The molecule has 0 atom stereocenters. The van der Waals surface area contributed by atoms with Crippen LogP contribution in [0.15, 0.2) is 55.2 Å². The number of fused-ring (bicyclic) bond motifs is 2. The topological polar surface area (TPSA) is 122 Å². The molecule has 2 aliphatic rings. The van der Waals surface area contributed by atoms with Crippen molar-refractivity contribution in [3.63, 3.8) is 0 Å². The molecule has 2 bridgehead atoms. The Balaban J connectivity index is 1.37. The Morgan fingerprint density at radius 3 is 2.38 bits per heavy atom. The van der Waals surface area contributed by atoms with Crippen molar-refractivity contribution in [2.75, 3.05) is 46.4 Å². The summed E-state index contributed by atoms with van der Waals surface area (Å²) in [7, 11) is 1.83. The largest absolute Gasteiger partial charge is 0.494 e. The molecule has 11 nitrogen and oxygen atoms in total. The number of piperidine rings is 1. The molecular weight excluding hydrogens is 534 g/mol. The molecular formula is C31H37N7O4. The predicted molar refractivity (Wildman–Crippen MR) is 155 cm³/mol. The Morgan fingerprint density at radius 2 is 1.62 bits per heavy atom. The Labute approximate surface area is 245 Å². The summed E-state index contributed by atoms with van der Waals surface area (Å²) in [5.41, 5.74) is 1.67. The number of ether oxygens (including phenoxy) is 1. The van der Waals surface area contributed by atoms with Crippen molar-refractivity contribution < 1.29 is 19.1 Å². The minimum atomic E-state index is -0.214. The third kappa shape index (κ3) is 6.72. The van der Waals surface area contributed by atoms with Crippen LogP contribution >= 0.6 is 0 Å². The van der Waals surface area contributed by atoms with E-state index in [4.69, 9.17) is 4.74 Å². The Hall–Kier alpha value is -4.41. The van der Waals surface area contributed by atoms with Crippen molar-refractivity contribution in [2.45, 2.75) is 39.0 Å². The summed E-state index contributed by atoms with van der Waals surface area (Å²) >= 11 is 0. The van der Waals surface area contributed by atoms with Crippen LogP contribution in [0.5, 0.6) is 5.75 Å². The minimum absolute atomic E-state index is 0.0668. The van der Waals surface area contributed by atoms with E-state index in [0.29, 0.717) is 74.1 Å². The molecule has 1 fully saturated rings. The number of aryl methyl sites for hydroxylation is 1. The number of aromatic nitrogens is 4. The highest BCUT2D eigenvalue weighted by atomic mass is 16.5. The number of rotatable bonds is 2. The molecule has 0 aliphatic carbocycles. The molecule has 5 rings (SSSR count). The Kier molecular flexibility index (Phi) is 9.04. The van der Waals surface area contributed by atoms with Crippen LogP contribution in [0.1, 0.15) is 69.1 Å². The van der Waals surface area contributed by atoms with Gasteiger partial charge in [0.25, 0.3) is 17.7 Å². The molecule has 1 aromatic carbocycles. The van der Waals surface area contributed by atoms with Crippen molar-refractivity contribution >= 4 is 17.7 Å². The maximum atomic E-state index is 13.5. The maximum absolute atomic E-state index is 13.5. The summed E-state index contributed by atoms with van der Waals surface area (Å²) in [5, 5.41) is 0. The summed E-state index contributed by atoms with van der Waals surface area (Å²) in [6.45, 7) is 4.92. The van der Waals surface area contributed by atoms with Crippen LogP contribution in [-0.2, 0) is 0 Å². The number of carbonyl (C=O) groups is 3. The van der Waals surface area contributed by atoms with Crippen LogP contribution in [-0.4, -0.2) is 98.7 Å². The van der Waals surface area contributed by atoms with Gasteiger partial charge in [-0.25, -0.2) is 9.97 Å². The standard InChI is InChI=1S/C31H37N7O4/c1-23-27(35-14-13-33-23)30(41)38-17-9-31(10-18-38)8-4-15-37(29(40)26-21-32-11-12-34-26)16-5-19-42-25-7-3-6-24(20-25)28(39)36(2)22-31/h3,6-7,11-14,20-21H,4-5,8-10,15-19,22H2,1-2H3. The minimum Gasteiger partial charge on any atom is -0.494 e. The number of hydrogen-bond donors (Lipinski definition) is 0. The SMILES string of the molecule is Cc1nccnc1C(=O)N1CCC2(CCCN(C(=O)c3cnccn3)CCCOc3cccc(c3)C(=O)N(C)C2)CC1. The van der Waals surface area contributed by atoms with E-state index in [-0.39, 0.29) is 23.1 Å². The highest BCUT2D eigenvalue weighted by Gasteiger charge is 2.38. The fourth-order valence-corrected chi connectivity index (χ4v) is 5.93. The van der Waals surface area contributed by atoms with Gasteiger partial charge in [0.2, 0.25) is 0 Å². The van der Waals surface area contributed by atoms with Crippen LogP contribution in [0.3, 0.4) is 0 Å². The molecule has 2 aromatic heterocycles. The van der Waals surface area contributed by atoms with E-state index in [1.807, 2.05) is 35.0 Å². The van der Waals surface area contributed by atoms with E-state index < -0.39 is 0 Å². The van der Waals surface area contributed by atoms with Gasteiger partial charge in [0, 0.05) is 70.1 Å². The van der Waals surface area contributed by atoms with Gasteiger partial charge in [-0.15, -0.1) is 0 Å². The molecule has 0 saturated carbocycles. The molecule has 3 amide bonds. The van der Waals surface area contributed by atoms with Crippen LogP contribution in [0.4, 0.5) is 0 Å². The molecule has 11 heteroatoms. The number of nitrogens with zero attached hydrogens (tertiary/aromatic N) is 7. The number of likely N-dealkylation sites (tertiary alicyclic amines) is 1. The molecule has 42 heavy (non-hydrogen) atoms. The number of hydrogen-bond acceptors (Lipinski definition) is 8. The van der Waals surface area contributed by atoms with E-state index in [0.717, 1.165) is 25.7 Å². The first-order valence-corrected chi connectivity index (χ1v) is 14.5. The summed E-state index contributed by atoms with van der Waals surface area (Å²) < 4.78 is 5.95. The zero-order valence-corrected chi connectivity index (χ0v) is 24.2. The lowest BCUT2D eigenvalue weighted by molar-refractivity contribution is 0.0380. The highest BCUT2D eigenvalue weighted by molar-refractivity contribution is 5.95. The maximum Gasteiger partial charge on any atom is 0.274 e. The van der Waals surface area contributed by atoms with E-state index in [1.165, 1.54) is 12.4 Å². The first kappa shape index (κ1) is 29.1. The average molecular weight is 572 g/mol. The van der Waals surface area contributed by atoms with Crippen molar-refractivity contribution in [2.24, 2.45) is 5.41 Å². The van der Waals surface area contributed by atoms with Gasteiger partial charge in [-0.1, -0.05) is 6.07 Å². The van der Waals surface area contributed by atoms with Gasteiger partial charge in [0.15, 0.2) is 0 Å².